The van der Waals surface area contributed by atoms with E-state index in [9.17, 15) is 8.42 Å². The summed E-state index contributed by atoms with van der Waals surface area (Å²) in [6.45, 7) is 5.11. The highest BCUT2D eigenvalue weighted by atomic mass is 32.2. The van der Waals surface area contributed by atoms with Gasteiger partial charge in [-0.05, 0) is 49.6 Å². The van der Waals surface area contributed by atoms with Crippen molar-refractivity contribution in [1.82, 2.24) is 10.0 Å². The largest absolute Gasteiger partial charge is 0.315 e. The van der Waals surface area contributed by atoms with Crippen molar-refractivity contribution in [3.8, 4) is 0 Å². The van der Waals surface area contributed by atoms with E-state index in [1.165, 1.54) is 24.2 Å². The van der Waals surface area contributed by atoms with Crippen molar-refractivity contribution in [3.05, 3.63) is 15.8 Å². The summed E-state index contributed by atoms with van der Waals surface area (Å²) >= 11 is 1.50. The Balaban J connectivity index is 2.11. The minimum Gasteiger partial charge on any atom is -0.315 e. The standard InChI is InChI=1S/C13H22N2O2S2/c1-9(11-4-5-11)6-15-19(16,17)13-10(2)8-18-12(13)7-14-3/h8-9,11,14-15H,4-7H2,1-3H3. The summed E-state index contributed by atoms with van der Waals surface area (Å²) in [6, 6.07) is 0. The Bertz CT molecular complexity index is 533. The molecule has 1 aromatic heterocycles. The summed E-state index contributed by atoms with van der Waals surface area (Å²) in [6.07, 6.45) is 2.48. The van der Waals surface area contributed by atoms with Crippen LogP contribution in [-0.4, -0.2) is 22.0 Å². The van der Waals surface area contributed by atoms with Crippen molar-refractivity contribution < 1.29 is 8.42 Å². The van der Waals surface area contributed by atoms with Crippen LogP contribution in [0.5, 0.6) is 0 Å². The van der Waals surface area contributed by atoms with Crippen LogP contribution >= 0.6 is 11.3 Å². The highest BCUT2D eigenvalue weighted by Gasteiger charge is 2.30. The molecule has 1 saturated carbocycles. The molecular formula is C13H22N2O2S2. The maximum Gasteiger partial charge on any atom is 0.241 e. The van der Waals surface area contributed by atoms with Crippen molar-refractivity contribution in [1.29, 1.82) is 0 Å². The van der Waals surface area contributed by atoms with Crippen LogP contribution in [0, 0.1) is 18.8 Å². The van der Waals surface area contributed by atoms with Crippen LogP contribution < -0.4 is 10.0 Å². The molecule has 0 bridgehead atoms. The summed E-state index contributed by atoms with van der Waals surface area (Å²) in [5.74, 6) is 1.14. The first-order valence-electron chi connectivity index (χ1n) is 6.67. The summed E-state index contributed by atoms with van der Waals surface area (Å²) in [4.78, 5) is 1.35. The van der Waals surface area contributed by atoms with Gasteiger partial charge in [0.05, 0.1) is 0 Å². The highest BCUT2D eigenvalue weighted by molar-refractivity contribution is 7.89. The molecule has 0 amide bonds. The molecule has 1 aliphatic rings. The second-order valence-electron chi connectivity index (χ2n) is 5.37. The molecule has 0 aromatic carbocycles. The first-order chi connectivity index (χ1) is 8.95. The van der Waals surface area contributed by atoms with E-state index in [1.54, 1.807) is 0 Å². The van der Waals surface area contributed by atoms with Gasteiger partial charge in [-0.2, -0.15) is 0 Å². The van der Waals surface area contributed by atoms with Gasteiger partial charge in [0, 0.05) is 18.0 Å². The van der Waals surface area contributed by atoms with E-state index in [-0.39, 0.29) is 0 Å². The zero-order valence-electron chi connectivity index (χ0n) is 11.7. The molecule has 1 aliphatic carbocycles. The van der Waals surface area contributed by atoms with E-state index >= 15 is 0 Å². The van der Waals surface area contributed by atoms with Gasteiger partial charge in [0.1, 0.15) is 4.90 Å². The van der Waals surface area contributed by atoms with Gasteiger partial charge in [-0.3, -0.25) is 0 Å². The van der Waals surface area contributed by atoms with E-state index in [4.69, 9.17) is 0 Å². The molecule has 19 heavy (non-hydrogen) atoms. The van der Waals surface area contributed by atoms with Crippen molar-refractivity contribution in [3.63, 3.8) is 0 Å². The topological polar surface area (TPSA) is 58.2 Å². The molecular weight excluding hydrogens is 280 g/mol. The van der Waals surface area contributed by atoms with E-state index < -0.39 is 10.0 Å². The zero-order valence-corrected chi connectivity index (χ0v) is 13.3. The number of rotatable bonds is 7. The lowest BCUT2D eigenvalue weighted by Crippen LogP contribution is -2.30. The van der Waals surface area contributed by atoms with E-state index in [0.29, 0.717) is 29.8 Å². The van der Waals surface area contributed by atoms with E-state index in [2.05, 4.69) is 17.0 Å². The van der Waals surface area contributed by atoms with Gasteiger partial charge in [-0.15, -0.1) is 11.3 Å². The minimum absolute atomic E-state index is 0.432. The molecule has 1 unspecified atom stereocenters. The van der Waals surface area contributed by atoms with Gasteiger partial charge < -0.3 is 5.32 Å². The zero-order chi connectivity index (χ0) is 14.0. The minimum atomic E-state index is -3.38. The van der Waals surface area contributed by atoms with E-state index in [1.807, 2.05) is 19.4 Å². The quantitative estimate of drug-likeness (QED) is 0.811. The molecule has 1 fully saturated rings. The lowest BCUT2D eigenvalue weighted by Gasteiger charge is -2.13. The van der Waals surface area contributed by atoms with Gasteiger partial charge in [0.2, 0.25) is 10.0 Å². The Morgan fingerprint density at radius 1 is 1.47 bits per heavy atom. The fraction of sp³-hybridized carbons (Fsp3) is 0.692. The Hall–Kier alpha value is -0.430. The molecule has 1 atom stereocenters. The molecule has 0 spiro atoms. The number of hydrogen-bond donors (Lipinski definition) is 2. The summed E-state index contributed by atoms with van der Waals surface area (Å²) < 4.78 is 27.6. The van der Waals surface area contributed by atoms with Crippen LogP contribution in [0.1, 0.15) is 30.2 Å². The summed E-state index contributed by atoms with van der Waals surface area (Å²) in [5, 5.41) is 4.93. The Labute approximate surface area is 119 Å². The molecule has 6 heteroatoms. The average molecular weight is 302 g/mol. The van der Waals surface area contributed by atoms with Gasteiger partial charge in [-0.1, -0.05) is 6.92 Å². The van der Waals surface area contributed by atoms with Crippen LogP contribution in [0.3, 0.4) is 0 Å². The maximum absolute atomic E-state index is 12.4. The van der Waals surface area contributed by atoms with Crippen LogP contribution in [0.2, 0.25) is 0 Å². The number of thiophene rings is 1. The predicted molar refractivity (Wildman–Crippen MR) is 78.9 cm³/mol. The van der Waals surface area contributed by atoms with Crippen LogP contribution in [0.15, 0.2) is 10.3 Å². The maximum atomic E-state index is 12.4. The normalized spacial score (nSPS) is 17.6. The lowest BCUT2D eigenvalue weighted by atomic mass is 10.1. The third-order valence-electron chi connectivity index (χ3n) is 3.62. The second kappa shape index (κ2) is 5.91. The van der Waals surface area contributed by atoms with Gasteiger partial charge >= 0.3 is 0 Å². The van der Waals surface area contributed by atoms with Crippen molar-refractivity contribution >= 4 is 21.4 Å². The van der Waals surface area contributed by atoms with Crippen LogP contribution in [-0.2, 0) is 16.6 Å². The number of aryl methyl sites for hydroxylation is 1. The molecule has 0 aliphatic heterocycles. The first-order valence-corrected chi connectivity index (χ1v) is 9.03. The highest BCUT2D eigenvalue weighted by Crippen LogP contribution is 2.36. The monoisotopic (exact) mass is 302 g/mol. The third kappa shape index (κ3) is 3.56. The first kappa shape index (κ1) is 15.0. The van der Waals surface area contributed by atoms with Gasteiger partial charge in [-0.25, -0.2) is 13.1 Å². The fourth-order valence-corrected chi connectivity index (χ4v) is 5.24. The smallest absolute Gasteiger partial charge is 0.241 e. The molecule has 2 rings (SSSR count). The molecule has 2 N–H and O–H groups in total. The Morgan fingerprint density at radius 3 is 2.74 bits per heavy atom. The molecule has 4 nitrogen and oxygen atoms in total. The number of hydrogen-bond acceptors (Lipinski definition) is 4. The molecule has 108 valence electrons. The van der Waals surface area contributed by atoms with Crippen molar-refractivity contribution in [2.24, 2.45) is 11.8 Å². The molecule has 1 aromatic rings. The molecule has 0 radical (unpaired) electrons. The molecule has 1 heterocycles. The number of sulfonamides is 1. The average Bonchev–Trinajstić information content (AvgIpc) is 3.12. The van der Waals surface area contributed by atoms with Gasteiger partial charge in [0.25, 0.3) is 0 Å². The third-order valence-corrected chi connectivity index (χ3v) is 6.50. The van der Waals surface area contributed by atoms with E-state index in [0.717, 1.165) is 10.4 Å². The fourth-order valence-electron chi connectivity index (χ4n) is 2.28. The predicted octanol–water partition coefficient (Wildman–Crippen LogP) is 2.10. The van der Waals surface area contributed by atoms with Crippen LogP contribution in [0.25, 0.3) is 0 Å². The van der Waals surface area contributed by atoms with Gasteiger partial charge in [0.15, 0.2) is 0 Å². The Kier molecular flexibility index (Phi) is 4.66. The SMILES string of the molecule is CNCc1scc(C)c1S(=O)(=O)NCC(C)C1CC1. The molecule has 0 saturated heterocycles. The van der Waals surface area contributed by atoms with Crippen LogP contribution in [0.4, 0.5) is 0 Å². The lowest BCUT2D eigenvalue weighted by molar-refractivity contribution is 0.491. The summed E-state index contributed by atoms with van der Waals surface area (Å²) in [7, 11) is -1.55. The number of nitrogens with one attached hydrogen (secondary N) is 2. The van der Waals surface area contributed by atoms with Crippen molar-refractivity contribution in [2.45, 2.75) is 38.1 Å². The summed E-state index contributed by atoms with van der Waals surface area (Å²) in [5.41, 5.74) is 0.835. The Morgan fingerprint density at radius 2 is 2.16 bits per heavy atom. The second-order valence-corrected chi connectivity index (χ2v) is 8.04. The van der Waals surface area contributed by atoms with Crippen molar-refractivity contribution in [2.75, 3.05) is 13.6 Å².